The second-order valence-corrected chi connectivity index (χ2v) is 7.81. The van der Waals surface area contributed by atoms with Crippen molar-refractivity contribution in [2.24, 2.45) is 0 Å². The molecule has 4 rings (SSSR count). The van der Waals surface area contributed by atoms with E-state index in [9.17, 15) is 9.18 Å². The number of fused-ring (bicyclic) bond motifs is 1. The van der Waals surface area contributed by atoms with E-state index < -0.39 is 5.82 Å². The minimum atomic E-state index is -0.447. The van der Waals surface area contributed by atoms with Gasteiger partial charge in [-0.05, 0) is 43.9 Å². The van der Waals surface area contributed by atoms with Crippen LogP contribution >= 0.6 is 15.9 Å². The summed E-state index contributed by atoms with van der Waals surface area (Å²) in [4.78, 5) is 14.2. The van der Waals surface area contributed by atoms with Crippen LogP contribution in [0.3, 0.4) is 0 Å². The van der Waals surface area contributed by atoms with Crippen LogP contribution in [0, 0.1) is 5.82 Å². The number of carbonyl (C=O) groups is 1. The number of anilines is 1. The number of rotatable bonds is 2. The topological polar surface area (TPSA) is 63.1 Å². The molecule has 6 nitrogen and oxygen atoms in total. The highest BCUT2D eigenvalue weighted by atomic mass is 79.9. The Hall–Kier alpha value is -1.96. The molecule has 2 amide bonds. The van der Waals surface area contributed by atoms with Gasteiger partial charge in [0.1, 0.15) is 17.5 Å². The van der Waals surface area contributed by atoms with E-state index in [-0.39, 0.29) is 11.7 Å². The van der Waals surface area contributed by atoms with Crippen molar-refractivity contribution in [2.75, 3.05) is 18.4 Å². The van der Waals surface area contributed by atoms with Crippen LogP contribution in [0.4, 0.5) is 14.9 Å². The fourth-order valence-electron chi connectivity index (χ4n) is 3.76. The smallest absolute Gasteiger partial charge is 0.321 e. The zero-order valence-corrected chi connectivity index (χ0v) is 16.0. The van der Waals surface area contributed by atoms with Crippen molar-refractivity contribution in [1.82, 2.24) is 19.7 Å². The molecule has 1 N–H and O–H groups in total. The predicted octanol–water partition coefficient (Wildman–Crippen LogP) is 3.93. The van der Waals surface area contributed by atoms with E-state index in [1.807, 2.05) is 0 Å². The van der Waals surface area contributed by atoms with E-state index >= 15 is 0 Å². The standard InChI is InChI=1S/C18H21BrFN5O/c19-13-4-5-15(14(20)11-13)21-18(26)24-9-6-12(7-10-24)17-23-22-16-3-1-2-8-25(16)17/h4-5,11-12H,1-3,6-10H2,(H,21,26). The van der Waals surface area contributed by atoms with Crippen LogP contribution in [-0.2, 0) is 13.0 Å². The van der Waals surface area contributed by atoms with Crippen LogP contribution < -0.4 is 5.32 Å². The molecule has 0 unspecified atom stereocenters. The van der Waals surface area contributed by atoms with Crippen LogP contribution in [0.15, 0.2) is 22.7 Å². The number of halogens is 2. The Labute approximate surface area is 159 Å². The minimum absolute atomic E-state index is 0.201. The molecule has 26 heavy (non-hydrogen) atoms. The summed E-state index contributed by atoms with van der Waals surface area (Å²) < 4.78 is 16.8. The molecule has 1 aromatic carbocycles. The number of likely N-dealkylation sites (tertiary alicyclic amines) is 1. The number of hydrogen-bond acceptors (Lipinski definition) is 3. The van der Waals surface area contributed by atoms with Crippen molar-refractivity contribution in [1.29, 1.82) is 0 Å². The monoisotopic (exact) mass is 421 g/mol. The fraction of sp³-hybridized carbons (Fsp3) is 0.500. The number of piperidine rings is 1. The first-order valence-electron chi connectivity index (χ1n) is 9.05. The van der Waals surface area contributed by atoms with E-state index in [1.54, 1.807) is 17.0 Å². The quantitative estimate of drug-likeness (QED) is 0.798. The van der Waals surface area contributed by atoms with Crippen molar-refractivity contribution in [3.05, 3.63) is 40.1 Å². The molecule has 8 heteroatoms. The maximum Gasteiger partial charge on any atom is 0.321 e. The highest BCUT2D eigenvalue weighted by molar-refractivity contribution is 9.10. The highest BCUT2D eigenvalue weighted by Crippen LogP contribution is 2.29. The molecule has 138 valence electrons. The number of aryl methyl sites for hydroxylation is 1. The van der Waals surface area contributed by atoms with Crippen LogP contribution in [0.2, 0.25) is 0 Å². The van der Waals surface area contributed by atoms with Gasteiger partial charge in [-0.2, -0.15) is 0 Å². The van der Waals surface area contributed by atoms with E-state index in [4.69, 9.17) is 0 Å². The summed E-state index contributed by atoms with van der Waals surface area (Å²) in [5, 5.41) is 11.4. The van der Waals surface area contributed by atoms with Gasteiger partial charge in [0.15, 0.2) is 0 Å². The molecule has 1 saturated heterocycles. The summed E-state index contributed by atoms with van der Waals surface area (Å²) in [6.07, 6.45) is 5.08. The number of carbonyl (C=O) groups excluding carboxylic acids is 1. The summed E-state index contributed by atoms with van der Waals surface area (Å²) in [5.41, 5.74) is 0.201. The molecule has 2 aliphatic heterocycles. The number of nitrogens with zero attached hydrogens (tertiary/aromatic N) is 4. The van der Waals surface area contributed by atoms with Gasteiger partial charge in [-0.15, -0.1) is 10.2 Å². The average molecular weight is 422 g/mol. The molecule has 1 fully saturated rings. The Balaban J connectivity index is 1.37. The van der Waals surface area contributed by atoms with Gasteiger partial charge >= 0.3 is 6.03 Å². The van der Waals surface area contributed by atoms with Gasteiger partial charge in [-0.3, -0.25) is 0 Å². The lowest BCUT2D eigenvalue weighted by Gasteiger charge is -2.32. The summed E-state index contributed by atoms with van der Waals surface area (Å²) >= 11 is 3.21. The molecule has 0 saturated carbocycles. The Bertz CT molecular complexity index is 816. The second-order valence-electron chi connectivity index (χ2n) is 6.90. The van der Waals surface area contributed by atoms with E-state index in [1.165, 1.54) is 18.9 Å². The number of amides is 2. The molecule has 0 spiro atoms. The van der Waals surface area contributed by atoms with Crippen molar-refractivity contribution in [3.8, 4) is 0 Å². The zero-order chi connectivity index (χ0) is 18.1. The van der Waals surface area contributed by atoms with Gasteiger partial charge in [0, 0.05) is 36.4 Å². The number of aromatic nitrogens is 3. The van der Waals surface area contributed by atoms with Gasteiger partial charge < -0.3 is 14.8 Å². The molecule has 0 aliphatic carbocycles. The molecular formula is C18H21BrFN5O. The second kappa shape index (κ2) is 7.34. The maximum atomic E-state index is 13.9. The lowest BCUT2D eigenvalue weighted by molar-refractivity contribution is 0.192. The van der Waals surface area contributed by atoms with Crippen LogP contribution in [-0.4, -0.2) is 38.8 Å². The number of nitrogens with one attached hydrogen (secondary N) is 1. The lowest BCUT2D eigenvalue weighted by atomic mass is 9.95. The maximum absolute atomic E-state index is 13.9. The fourth-order valence-corrected chi connectivity index (χ4v) is 4.09. The Kier molecular flexibility index (Phi) is 4.93. The molecule has 3 heterocycles. The summed E-state index contributed by atoms with van der Waals surface area (Å²) in [7, 11) is 0. The Morgan fingerprint density at radius 3 is 2.77 bits per heavy atom. The van der Waals surface area contributed by atoms with Crippen molar-refractivity contribution in [3.63, 3.8) is 0 Å². The first-order chi connectivity index (χ1) is 12.6. The first-order valence-corrected chi connectivity index (χ1v) is 9.84. The van der Waals surface area contributed by atoms with Crippen LogP contribution in [0.5, 0.6) is 0 Å². The Morgan fingerprint density at radius 2 is 2.00 bits per heavy atom. The van der Waals surface area contributed by atoms with E-state index in [2.05, 4.69) is 36.0 Å². The van der Waals surface area contributed by atoms with Gasteiger partial charge in [0.25, 0.3) is 0 Å². The average Bonchev–Trinajstić information content (AvgIpc) is 3.08. The van der Waals surface area contributed by atoms with Gasteiger partial charge in [-0.25, -0.2) is 9.18 Å². The molecule has 0 radical (unpaired) electrons. The number of benzene rings is 1. The third kappa shape index (κ3) is 3.47. The van der Waals surface area contributed by atoms with E-state index in [0.29, 0.717) is 23.5 Å². The van der Waals surface area contributed by atoms with Crippen molar-refractivity contribution in [2.45, 2.75) is 44.6 Å². The van der Waals surface area contributed by atoms with Gasteiger partial charge in [0.05, 0.1) is 5.69 Å². The summed E-state index contributed by atoms with van der Waals surface area (Å²) in [5.74, 6) is 2.05. The minimum Gasteiger partial charge on any atom is -0.324 e. The van der Waals surface area contributed by atoms with Gasteiger partial charge in [-0.1, -0.05) is 15.9 Å². The van der Waals surface area contributed by atoms with Crippen molar-refractivity contribution >= 4 is 27.6 Å². The first kappa shape index (κ1) is 17.5. The van der Waals surface area contributed by atoms with E-state index in [0.717, 1.165) is 37.5 Å². The van der Waals surface area contributed by atoms with Crippen molar-refractivity contribution < 1.29 is 9.18 Å². The largest absolute Gasteiger partial charge is 0.324 e. The molecule has 0 atom stereocenters. The summed E-state index contributed by atoms with van der Waals surface area (Å²) in [6.45, 7) is 2.27. The Morgan fingerprint density at radius 1 is 1.19 bits per heavy atom. The van der Waals surface area contributed by atoms with Crippen LogP contribution in [0.1, 0.15) is 43.3 Å². The predicted molar refractivity (Wildman–Crippen MR) is 99.6 cm³/mol. The molecule has 1 aromatic heterocycles. The van der Waals surface area contributed by atoms with Crippen LogP contribution in [0.25, 0.3) is 0 Å². The molecule has 2 aliphatic rings. The third-order valence-corrected chi connectivity index (χ3v) is 5.70. The summed E-state index contributed by atoms with van der Waals surface area (Å²) in [6, 6.07) is 4.36. The highest BCUT2D eigenvalue weighted by Gasteiger charge is 2.29. The number of hydrogen-bond donors (Lipinski definition) is 1. The number of urea groups is 1. The SMILES string of the molecule is O=C(Nc1ccc(Br)cc1F)N1CCC(c2nnc3n2CCCC3)CC1. The third-order valence-electron chi connectivity index (χ3n) is 5.21. The molecule has 0 bridgehead atoms. The zero-order valence-electron chi connectivity index (χ0n) is 14.4. The molecule has 2 aromatic rings. The van der Waals surface area contributed by atoms with Gasteiger partial charge in [0.2, 0.25) is 0 Å². The molecular weight excluding hydrogens is 401 g/mol. The normalized spacial score (nSPS) is 17.8. The lowest BCUT2D eigenvalue weighted by Crippen LogP contribution is -2.41.